The van der Waals surface area contributed by atoms with Crippen LogP contribution in [-0.2, 0) is 6.42 Å². The molecule has 1 saturated heterocycles. The van der Waals surface area contributed by atoms with Crippen LogP contribution in [0.2, 0.25) is 0 Å². The van der Waals surface area contributed by atoms with Crippen LogP contribution in [0, 0.1) is 23.2 Å². The van der Waals surface area contributed by atoms with Gasteiger partial charge in [-0.05, 0) is 61.9 Å². The van der Waals surface area contributed by atoms with Gasteiger partial charge in [-0.25, -0.2) is 10.1 Å². The minimum Gasteiger partial charge on any atom is -0.350 e. The number of nitrogens with one attached hydrogen (secondary N) is 1. The summed E-state index contributed by atoms with van der Waals surface area (Å²) in [5, 5.41) is 17.2. The molecule has 2 aromatic carbocycles. The molecular weight excluding hydrogens is 476 g/mol. The lowest BCUT2D eigenvalue weighted by Crippen LogP contribution is -2.54. The topological polar surface area (TPSA) is 106 Å². The summed E-state index contributed by atoms with van der Waals surface area (Å²) in [4.78, 5) is 34.2. The van der Waals surface area contributed by atoms with E-state index >= 15 is 0 Å². The lowest BCUT2D eigenvalue weighted by molar-refractivity contribution is 0.0726. The Morgan fingerprint density at radius 3 is 2.68 bits per heavy atom. The van der Waals surface area contributed by atoms with Gasteiger partial charge in [0.15, 0.2) is 0 Å². The second kappa shape index (κ2) is 10.6. The number of fused-ring (bicyclic) bond motifs is 1. The number of rotatable bonds is 4. The monoisotopic (exact) mass is 502 g/mol. The third-order valence-electron chi connectivity index (χ3n) is 6.77. The molecule has 3 heterocycles. The first-order valence-electron chi connectivity index (χ1n) is 12.4. The molecule has 2 aromatic heterocycles. The van der Waals surface area contributed by atoms with Gasteiger partial charge in [0.1, 0.15) is 11.9 Å². The summed E-state index contributed by atoms with van der Waals surface area (Å²) in [5.41, 5.74) is 3.37. The van der Waals surface area contributed by atoms with E-state index in [1.165, 1.54) is 0 Å². The van der Waals surface area contributed by atoms with Crippen LogP contribution in [0.1, 0.15) is 46.6 Å². The first-order chi connectivity index (χ1) is 18.5. The Hall–Kier alpha value is -4.95. The number of benzene rings is 2. The first-order valence-corrected chi connectivity index (χ1v) is 12.4. The molecule has 1 fully saturated rings. The molecule has 0 saturated carbocycles. The SMILES string of the molecule is CC#Cc1ccc2c(=O)[nH]nc(Cc3cccc(C(=O)N4CCN(c5ccc(C#N)cn5)C(C)C4)c3)c2c1. The van der Waals surface area contributed by atoms with Crippen LogP contribution in [-0.4, -0.2) is 51.7 Å². The Bertz CT molecular complexity index is 1670. The average molecular weight is 503 g/mol. The molecule has 1 N–H and O–H groups in total. The molecule has 1 unspecified atom stereocenters. The van der Waals surface area contributed by atoms with Crippen molar-refractivity contribution in [3.8, 4) is 17.9 Å². The summed E-state index contributed by atoms with van der Waals surface area (Å²) in [6, 6.07) is 18.8. The van der Waals surface area contributed by atoms with Crippen LogP contribution < -0.4 is 10.5 Å². The quantitative estimate of drug-likeness (QED) is 0.428. The molecule has 1 aliphatic heterocycles. The largest absolute Gasteiger partial charge is 0.350 e. The Morgan fingerprint density at radius 1 is 1.11 bits per heavy atom. The van der Waals surface area contributed by atoms with E-state index in [1.54, 1.807) is 25.3 Å². The average Bonchev–Trinajstić information content (AvgIpc) is 2.94. The number of hydrogen-bond donors (Lipinski definition) is 1. The first kappa shape index (κ1) is 24.7. The van der Waals surface area contributed by atoms with E-state index in [0.717, 1.165) is 28.0 Å². The van der Waals surface area contributed by atoms with Crippen molar-refractivity contribution in [1.82, 2.24) is 20.1 Å². The Labute approximate surface area is 220 Å². The second-order valence-corrected chi connectivity index (χ2v) is 9.32. The fourth-order valence-electron chi connectivity index (χ4n) is 4.87. The summed E-state index contributed by atoms with van der Waals surface area (Å²) in [6.07, 6.45) is 2.04. The van der Waals surface area contributed by atoms with E-state index in [9.17, 15) is 9.59 Å². The minimum absolute atomic E-state index is 0.0223. The van der Waals surface area contributed by atoms with Crippen molar-refractivity contribution in [3.05, 3.63) is 99.1 Å². The molecule has 8 nitrogen and oxygen atoms in total. The summed E-state index contributed by atoms with van der Waals surface area (Å²) in [5.74, 6) is 6.70. The van der Waals surface area contributed by atoms with Crippen molar-refractivity contribution in [2.24, 2.45) is 0 Å². The van der Waals surface area contributed by atoms with Crippen LogP contribution in [0.5, 0.6) is 0 Å². The van der Waals surface area contributed by atoms with Gasteiger partial charge in [0, 0.05) is 54.8 Å². The fourth-order valence-corrected chi connectivity index (χ4v) is 4.87. The number of H-pyrrole nitrogens is 1. The molecular formula is C30H26N6O2. The van der Waals surface area contributed by atoms with E-state index in [4.69, 9.17) is 5.26 Å². The number of aromatic amines is 1. The molecule has 8 heteroatoms. The molecule has 5 rings (SSSR count). The summed E-state index contributed by atoms with van der Waals surface area (Å²) in [6.45, 7) is 5.64. The molecule has 38 heavy (non-hydrogen) atoms. The van der Waals surface area contributed by atoms with Crippen LogP contribution in [0.3, 0.4) is 0 Å². The Balaban J connectivity index is 1.34. The number of nitriles is 1. The second-order valence-electron chi connectivity index (χ2n) is 9.32. The zero-order valence-electron chi connectivity index (χ0n) is 21.2. The molecule has 0 spiro atoms. The van der Waals surface area contributed by atoms with E-state index in [-0.39, 0.29) is 17.5 Å². The summed E-state index contributed by atoms with van der Waals surface area (Å²) in [7, 11) is 0. The molecule has 0 radical (unpaired) electrons. The van der Waals surface area contributed by atoms with Gasteiger partial charge in [-0.15, -0.1) is 5.92 Å². The van der Waals surface area contributed by atoms with Gasteiger partial charge >= 0.3 is 0 Å². The lowest BCUT2D eigenvalue weighted by Gasteiger charge is -2.40. The third kappa shape index (κ3) is 4.98. The Morgan fingerprint density at radius 2 is 1.95 bits per heavy atom. The molecule has 4 aromatic rings. The van der Waals surface area contributed by atoms with Gasteiger partial charge in [0.05, 0.1) is 16.6 Å². The van der Waals surface area contributed by atoms with Gasteiger partial charge in [0.2, 0.25) is 0 Å². The van der Waals surface area contributed by atoms with Crippen LogP contribution in [0.15, 0.2) is 65.6 Å². The van der Waals surface area contributed by atoms with Gasteiger partial charge in [-0.2, -0.15) is 10.4 Å². The van der Waals surface area contributed by atoms with Crippen LogP contribution in [0.4, 0.5) is 5.82 Å². The number of nitrogens with zero attached hydrogens (tertiary/aromatic N) is 5. The molecule has 1 atom stereocenters. The van der Waals surface area contributed by atoms with Crippen molar-refractivity contribution in [3.63, 3.8) is 0 Å². The summed E-state index contributed by atoms with van der Waals surface area (Å²) < 4.78 is 0. The van der Waals surface area contributed by atoms with Crippen molar-refractivity contribution in [2.75, 3.05) is 24.5 Å². The van der Waals surface area contributed by atoms with Crippen LogP contribution >= 0.6 is 0 Å². The van der Waals surface area contributed by atoms with E-state index < -0.39 is 0 Å². The zero-order valence-corrected chi connectivity index (χ0v) is 21.2. The normalized spacial score (nSPS) is 15.0. The number of pyridine rings is 1. The van der Waals surface area contributed by atoms with Gasteiger partial charge in [-0.1, -0.05) is 18.1 Å². The number of hydrogen-bond acceptors (Lipinski definition) is 6. The van der Waals surface area contributed by atoms with Gasteiger partial charge in [-0.3, -0.25) is 9.59 Å². The number of piperazine rings is 1. The van der Waals surface area contributed by atoms with E-state index in [2.05, 4.69) is 44.9 Å². The van der Waals surface area contributed by atoms with Gasteiger partial charge < -0.3 is 9.80 Å². The van der Waals surface area contributed by atoms with E-state index in [0.29, 0.717) is 42.6 Å². The van der Waals surface area contributed by atoms with Crippen molar-refractivity contribution in [2.45, 2.75) is 26.3 Å². The highest BCUT2D eigenvalue weighted by atomic mass is 16.2. The predicted molar refractivity (Wildman–Crippen MR) is 146 cm³/mol. The third-order valence-corrected chi connectivity index (χ3v) is 6.77. The maximum Gasteiger partial charge on any atom is 0.272 e. The fraction of sp³-hybridized carbons (Fsp3) is 0.233. The lowest BCUT2D eigenvalue weighted by atomic mass is 10.0. The number of amides is 1. The molecule has 0 bridgehead atoms. The molecule has 1 amide bonds. The standard InChI is InChI=1S/C30H26N6O2/c1-3-5-21-8-10-25-26(15-21)27(33-34-29(25)37)16-22-6-4-7-24(14-22)30(38)35-12-13-36(20(2)19-35)28-11-9-23(17-31)18-32-28/h4,6-11,14-15,18,20H,12-13,16,19H2,1-2H3,(H,34,37). The Kier molecular flexibility index (Phi) is 6.88. The maximum atomic E-state index is 13.4. The van der Waals surface area contributed by atoms with Crippen molar-refractivity contribution >= 4 is 22.5 Å². The van der Waals surface area contributed by atoms with Gasteiger partial charge in [0.25, 0.3) is 11.5 Å². The zero-order chi connectivity index (χ0) is 26.6. The van der Waals surface area contributed by atoms with Crippen molar-refractivity contribution < 1.29 is 4.79 Å². The number of carbonyl (C=O) groups is 1. The maximum absolute atomic E-state index is 13.4. The number of carbonyl (C=O) groups excluding carboxylic acids is 1. The summed E-state index contributed by atoms with van der Waals surface area (Å²) >= 11 is 0. The molecule has 1 aliphatic rings. The molecule has 0 aliphatic carbocycles. The highest BCUT2D eigenvalue weighted by Gasteiger charge is 2.28. The smallest absolute Gasteiger partial charge is 0.272 e. The highest BCUT2D eigenvalue weighted by molar-refractivity contribution is 5.94. The molecule has 188 valence electrons. The van der Waals surface area contributed by atoms with E-state index in [1.807, 2.05) is 47.4 Å². The highest BCUT2D eigenvalue weighted by Crippen LogP contribution is 2.22. The minimum atomic E-state index is -0.242. The number of aromatic nitrogens is 3. The van der Waals surface area contributed by atoms with Crippen molar-refractivity contribution in [1.29, 1.82) is 5.26 Å². The predicted octanol–water partition coefficient (Wildman–Crippen LogP) is 3.50. The van der Waals surface area contributed by atoms with Crippen LogP contribution in [0.25, 0.3) is 10.8 Å². The number of anilines is 1.